The molecule has 2 unspecified atom stereocenters. The highest BCUT2D eigenvalue weighted by molar-refractivity contribution is 7.89. The van der Waals surface area contributed by atoms with Gasteiger partial charge < -0.3 is 10.4 Å². The fourth-order valence-corrected chi connectivity index (χ4v) is 5.04. The van der Waals surface area contributed by atoms with E-state index in [-0.39, 0.29) is 31.0 Å². The Balaban J connectivity index is 2.00. The van der Waals surface area contributed by atoms with Gasteiger partial charge in [-0.05, 0) is 38.6 Å². The first-order valence-corrected chi connectivity index (χ1v) is 12.6. The topological polar surface area (TPSA) is 170 Å². The number of rotatable bonds is 15. The van der Waals surface area contributed by atoms with Gasteiger partial charge in [-0.1, -0.05) is 13.3 Å². The van der Waals surface area contributed by atoms with Gasteiger partial charge in [0.1, 0.15) is 6.29 Å². The summed E-state index contributed by atoms with van der Waals surface area (Å²) in [6.45, 7) is 4.79. The number of sulfonamides is 1. The number of hydrogen-bond acceptors (Lipinski definition) is 9. The number of hydrogen-bond donors (Lipinski definition) is 7. The Bertz CT molecular complexity index is 681. The lowest BCUT2D eigenvalue weighted by atomic mass is 10.0. The van der Waals surface area contributed by atoms with Gasteiger partial charge in [-0.3, -0.25) is 25.6 Å². The van der Waals surface area contributed by atoms with E-state index >= 15 is 0 Å². The van der Waals surface area contributed by atoms with E-state index in [0.29, 0.717) is 45.2 Å². The van der Waals surface area contributed by atoms with Crippen LogP contribution in [0.3, 0.4) is 0 Å². The van der Waals surface area contributed by atoms with Crippen molar-refractivity contribution in [1.82, 2.24) is 31.5 Å². The molecule has 0 aromatic rings. The van der Waals surface area contributed by atoms with Crippen molar-refractivity contribution in [3.8, 4) is 0 Å². The second kappa shape index (κ2) is 12.6. The van der Waals surface area contributed by atoms with E-state index in [4.69, 9.17) is 4.84 Å². The molecule has 0 bridgehead atoms. The normalized spacial score (nSPS) is 21.8. The van der Waals surface area contributed by atoms with Gasteiger partial charge in [-0.15, -0.1) is 0 Å². The molecule has 0 aromatic carbocycles. The standard InChI is InChI=1S/C18H36N6O6S/c1-2-3-12-31(28,29)24-18(16(26)27,23-15(25)13-14-6-9-22-30-14)7-4-5-8-19-17-20-10-11-21-17/h14,17,19-22,24H,2-13H2,1H3,(H,23,25)(H,26,27). The Hall–Kier alpha value is -1.35. The molecule has 2 aliphatic heterocycles. The average molecular weight is 465 g/mol. The number of amides is 1. The zero-order valence-electron chi connectivity index (χ0n) is 18.0. The predicted molar refractivity (Wildman–Crippen MR) is 114 cm³/mol. The van der Waals surface area contributed by atoms with Gasteiger partial charge in [0, 0.05) is 19.6 Å². The van der Waals surface area contributed by atoms with Crippen LogP contribution in [-0.4, -0.2) is 75.4 Å². The highest BCUT2D eigenvalue weighted by Crippen LogP contribution is 2.17. The van der Waals surface area contributed by atoms with Crippen molar-refractivity contribution in [3.05, 3.63) is 0 Å². The van der Waals surface area contributed by atoms with Crippen LogP contribution in [0.1, 0.15) is 51.9 Å². The fourth-order valence-electron chi connectivity index (χ4n) is 3.50. The van der Waals surface area contributed by atoms with Crippen LogP contribution in [0.15, 0.2) is 0 Å². The van der Waals surface area contributed by atoms with Crippen molar-refractivity contribution in [1.29, 1.82) is 0 Å². The molecule has 1 amide bonds. The Morgan fingerprint density at radius 3 is 2.52 bits per heavy atom. The third-order valence-electron chi connectivity index (χ3n) is 5.19. The third kappa shape index (κ3) is 8.96. The Morgan fingerprint density at radius 2 is 1.90 bits per heavy atom. The van der Waals surface area contributed by atoms with Crippen molar-refractivity contribution in [3.63, 3.8) is 0 Å². The number of unbranched alkanes of at least 4 members (excludes halogenated alkanes) is 2. The first-order chi connectivity index (χ1) is 14.8. The van der Waals surface area contributed by atoms with Crippen molar-refractivity contribution in [2.24, 2.45) is 0 Å². The summed E-state index contributed by atoms with van der Waals surface area (Å²) in [6.07, 6.45) is 2.16. The van der Waals surface area contributed by atoms with Crippen molar-refractivity contribution < 1.29 is 28.0 Å². The molecule has 2 fully saturated rings. The maximum atomic E-state index is 12.5. The molecule has 2 aliphatic rings. The molecule has 180 valence electrons. The van der Waals surface area contributed by atoms with Crippen LogP contribution < -0.4 is 31.5 Å². The minimum atomic E-state index is -3.90. The molecule has 2 saturated heterocycles. The first-order valence-electron chi connectivity index (χ1n) is 10.9. The Labute approximate surface area is 183 Å². The van der Waals surface area contributed by atoms with Gasteiger partial charge in [0.25, 0.3) is 0 Å². The van der Waals surface area contributed by atoms with Gasteiger partial charge >= 0.3 is 5.97 Å². The van der Waals surface area contributed by atoms with E-state index in [9.17, 15) is 23.1 Å². The van der Waals surface area contributed by atoms with Crippen molar-refractivity contribution >= 4 is 21.9 Å². The number of carboxylic acid groups (broad SMARTS) is 1. The molecule has 31 heavy (non-hydrogen) atoms. The van der Waals surface area contributed by atoms with Crippen LogP contribution in [0.25, 0.3) is 0 Å². The third-order valence-corrected chi connectivity index (χ3v) is 6.68. The molecule has 0 saturated carbocycles. The van der Waals surface area contributed by atoms with E-state index in [1.807, 2.05) is 6.92 Å². The summed E-state index contributed by atoms with van der Waals surface area (Å²) in [5, 5.41) is 22.0. The summed E-state index contributed by atoms with van der Waals surface area (Å²) < 4.78 is 27.3. The Kier molecular flexibility index (Phi) is 10.6. The molecule has 0 spiro atoms. The summed E-state index contributed by atoms with van der Waals surface area (Å²) in [5.41, 5.74) is 0.573. The number of carbonyl (C=O) groups excluding carboxylic acids is 1. The van der Waals surface area contributed by atoms with E-state index < -0.39 is 27.6 Å². The second-order valence-corrected chi connectivity index (χ2v) is 9.75. The number of hydroxylamine groups is 1. The minimum absolute atomic E-state index is 0.0106. The molecule has 0 aliphatic carbocycles. The van der Waals surface area contributed by atoms with Crippen molar-refractivity contribution in [2.45, 2.75) is 69.9 Å². The summed E-state index contributed by atoms with van der Waals surface area (Å²) in [6, 6.07) is 0. The van der Waals surface area contributed by atoms with Gasteiger partial charge in [0.15, 0.2) is 0 Å². The highest BCUT2D eigenvalue weighted by Gasteiger charge is 2.43. The van der Waals surface area contributed by atoms with Gasteiger partial charge in [0.2, 0.25) is 21.6 Å². The fraction of sp³-hybridized carbons (Fsp3) is 0.889. The summed E-state index contributed by atoms with van der Waals surface area (Å²) in [5.74, 6) is -2.21. The molecule has 12 nitrogen and oxygen atoms in total. The monoisotopic (exact) mass is 464 g/mol. The lowest BCUT2D eigenvalue weighted by Crippen LogP contribution is -2.66. The van der Waals surface area contributed by atoms with Gasteiger partial charge in [0.05, 0.1) is 18.3 Å². The number of carbonyl (C=O) groups is 2. The molecule has 2 atom stereocenters. The van der Waals surface area contributed by atoms with E-state index in [1.165, 1.54) is 0 Å². The average Bonchev–Trinajstić information content (AvgIpc) is 3.39. The highest BCUT2D eigenvalue weighted by atomic mass is 32.2. The zero-order chi connectivity index (χ0) is 22.7. The molecule has 13 heteroatoms. The predicted octanol–water partition coefficient (Wildman–Crippen LogP) is -1.48. The summed E-state index contributed by atoms with van der Waals surface area (Å²) in [7, 11) is -3.90. The minimum Gasteiger partial charge on any atom is -0.478 e. The Morgan fingerprint density at radius 1 is 1.16 bits per heavy atom. The number of nitrogens with one attached hydrogen (secondary N) is 6. The van der Waals surface area contributed by atoms with Gasteiger partial charge in [-0.25, -0.2) is 18.7 Å². The first kappa shape index (κ1) is 25.9. The second-order valence-electron chi connectivity index (χ2n) is 7.91. The maximum Gasteiger partial charge on any atom is 0.345 e. The quantitative estimate of drug-likeness (QED) is 0.112. The number of carboxylic acids is 1. The zero-order valence-corrected chi connectivity index (χ0v) is 18.9. The van der Waals surface area contributed by atoms with E-state index in [0.717, 1.165) is 13.1 Å². The molecule has 2 rings (SSSR count). The molecule has 0 aromatic heterocycles. The lowest BCUT2D eigenvalue weighted by Gasteiger charge is -2.31. The van der Waals surface area contributed by atoms with E-state index in [1.54, 1.807) is 0 Å². The molecular weight excluding hydrogens is 428 g/mol. The smallest absolute Gasteiger partial charge is 0.345 e. The summed E-state index contributed by atoms with van der Waals surface area (Å²) >= 11 is 0. The number of aliphatic carboxylic acids is 1. The van der Waals surface area contributed by atoms with Crippen LogP contribution >= 0.6 is 0 Å². The van der Waals surface area contributed by atoms with Crippen molar-refractivity contribution in [2.75, 3.05) is 31.9 Å². The van der Waals surface area contributed by atoms with E-state index in [2.05, 4.69) is 31.5 Å². The molecular formula is C18H36N6O6S. The van der Waals surface area contributed by atoms with Crippen LogP contribution in [0.4, 0.5) is 0 Å². The van der Waals surface area contributed by atoms with Crippen LogP contribution in [0.5, 0.6) is 0 Å². The molecule has 7 N–H and O–H groups in total. The van der Waals surface area contributed by atoms with Crippen LogP contribution in [0, 0.1) is 0 Å². The largest absolute Gasteiger partial charge is 0.478 e. The maximum absolute atomic E-state index is 12.5. The van der Waals surface area contributed by atoms with Crippen LogP contribution in [-0.2, 0) is 24.4 Å². The van der Waals surface area contributed by atoms with Crippen LogP contribution in [0.2, 0.25) is 0 Å². The lowest BCUT2D eigenvalue weighted by molar-refractivity contribution is -0.149. The molecule has 0 radical (unpaired) electrons. The molecule has 2 heterocycles. The van der Waals surface area contributed by atoms with Gasteiger partial charge in [-0.2, -0.15) is 4.72 Å². The summed E-state index contributed by atoms with van der Waals surface area (Å²) in [4.78, 5) is 29.9. The SMILES string of the molecule is CCCCS(=O)(=O)NC(CCCCNC1NCCN1)(NC(=O)CC1CCNO1)C(=O)O.